The highest BCUT2D eigenvalue weighted by Gasteiger charge is 2.15. The summed E-state index contributed by atoms with van der Waals surface area (Å²) in [4.78, 5) is 0. The highest BCUT2D eigenvalue weighted by atomic mass is 16.5. The first kappa shape index (κ1) is 16.0. The summed E-state index contributed by atoms with van der Waals surface area (Å²) in [6.45, 7) is 8.04. The molecule has 2 unspecified atom stereocenters. The zero-order chi connectivity index (χ0) is 14.1. The second kappa shape index (κ2) is 8.94. The van der Waals surface area contributed by atoms with Crippen molar-refractivity contribution in [2.75, 3.05) is 20.3 Å². The summed E-state index contributed by atoms with van der Waals surface area (Å²) in [5.74, 6) is 0.961. The second-order valence-corrected chi connectivity index (χ2v) is 4.84. The van der Waals surface area contributed by atoms with Gasteiger partial charge < -0.3 is 14.8 Å². The smallest absolute Gasteiger partial charge is 0.124 e. The first-order valence-electron chi connectivity index (χ1n) is 7.20. The first-order chi connectivity index (χ1) is 9.22. The monoisotopic (exact) mass is 265 g/mol. The number of rotatable bonds is 9. The molecule has 1 aromatic carbocycles. The first-order valence-corrected chi connectivity index (χ1v) is 7.20. The summed E-state index contributed by atoms with van der Waals surface area (Å²) in [6, 6.07) is 8.62. The molecule has 108 valence electrons. The molecule has 2 atom stereocenters. The molecule has 0 fully saturated rings. The van der Waals surface area contributed by atoms with Gasteiger partial charge in [0.05, 0.1) is 6.61 Å². The van der Waals surface area contributed by atoms with E-state index in [0.717, 1.165) is 25.1 Å². The number of ether oxygens (including phenoxy) is 2. The fourth-order valence-electron chi connectivity index (χ4n) is 2.15. The largest absolute Gasteiger partial charge is 0.488 e. The minimum atomic E-state index is 0.0647. The minimum Gasteiger partial charge on any atom is -0.488 e. The van der Waals surface area contributed by atoms with Gasteiger partial charge in [0.2, 0.25) is 0 Å². The molecule has 0 aliphatic carbocycles. The van der Waals surface area contributed by atoms with Crippen LogP contribution < -0.4 is 10.1 Å². The Morgan fingerprint density at radius 2 is 1.95 bits per heavy atom. The third-order valence-corrected chi connectivity index (χ3v) is 3.07. The molecular weight excluding hydrogens is 238 g/mol. The van der Waals surface area contributed by atoms with Crippen LogP contribution in [-0.4, -0.2) is 26.4 Å². The van der Waals surface area contributed by atoms with Crippen LogP contribution in [0.15, 0.2) is 24.3 Å². The highest BCUT2D eigenvalue weighted by Crippen LogP contribution is 2.27. The molecule has 3 nitrogen and oxygen atoms in total. The quantitative estimate of drug-likeness (QED) is 0.740. The van der Waals surface area contributed by atoms with Crippen molar-refractivity contribution >= 4 is 0 Å². The number of hydrogen-bond donors (Lipinski definition) is 1. The third-order valence-electron chi connectivity index (χ3n) is 3.07. The van der Waals surface area contributed by atoms with Crippen LogP contribution in [-0.2, 0) is 4.74 Å². The fourth-order valence-corrected chi connectivity index (χ4v) is 2.15. The summed E-state index contributed by atoms with van der Waals surface area (Å²) in [5.41, 5.74) is 1.24. The van der Waals surface area contributed by atoms with Crippen LogP contribution in [0, 0.1) is 0 Å². The van der Waals surface area contributed by atoms with Crippen molar-refractivity contribution in [3.8, 4) is 5.75 Å². The van der Waals surface area contributed by atoms with Crippen LogP contribution in [0.25, 0.3) is 0 Å². The average molecular weight is 265 g/mol. The van der Waals surface area contributed by atoms with Gasteiger partial charge in [0.25, 0.3) is 0 Å². The molecule has 19 heavy (non-hydrogen) atoms. The van der Waals surface area contributed by atoms with Crippen molar-refractivity contribution in [2.24, 2.45) is 0 Å². The third kappa shape index (κ3) is 5.21. The molecular formula is C16H27NO2. The Bertz CT molecular complexity index is 354. The van der Waals surface area contributed by atoms with Gasteiger partial charge in [0.15, 0.2) is 0 Å². The Balaban J connectivity index is 2.80. The molecule has 1 N–H and O–H groups in total. The summed E-state index contributed by atoms with van der Waals surface area (Å²) in [5, 5.41) is 3.57. The lowest BCUT2D eigenvalue weighted by atomic mass is 10.0. The van der Waals surface area contributed by atoms with Gasteiger partial charge in [0, 0.05) is 18.7 Å². The maximum Gasteiger partial charge on any atom is 0.124 e. The summed E-state index contributed by atoms with van der Waals surface area (Å²) in [6.07, 6.45) is 2.26. The van der Waals surface area contributed by atoms with Crippen LogP contribution in [0.1, 0.15) is 45.2 Å². The topological polar surface area (TPSA) is 30.5 Å². The molecule has 0 aliphatic heterocycles. The fraction of sp³-hybridized carbons (Fsp3) is 0.625. The molecule has 0 amide bonds. The van der Waals surface area contributed by atoms with Gasteiger partial charge in [-0.05, 0) is 32.4 Å². The maximum absolute atomic E-state index is 5.98. The molecule has 3 heteroatoms. The van der Waals surface area contributed by atoms with E-state index in [2.05, 4.69) is 31.3 Å². The number of nitrogens with one attached hydrogen (secondary N) is 1. The van der Waals surface area contributed by atoms with E-state index in [9.17, 15) is 0 Å². The summed E-state index contributed by atoms with van der Waals surface area (Å²) >= 11 is 0. The van der Waals surface area contributed by atoms with Gasteiger partial charge in [-0.2, -0.15) is 0 Å². The lowest BCUT2D eigenvalue weighted by Crippen LogP contribution is -2.24. The van der Waals surface area contributed by atoms with Gasteiger partial charge in [-0.15, -0.1) is 0 Å². The minimum absolute atomic E-state index is 0.0647. The molecule has 0 saturated heterocycles. The molecule has 1 aromatic rings. The van der Waals surface area contributed by atoms with Gasteiger partial charge in [-0.3, -0.25) is 0 Å². The van der Waals surface area contributed by atoms with Crippen molar-refractivity contribution in [3.63, 3.8) is 0 Å². The van der Waals surface area contributed by atoms with Crippen molar-refractivity contribution < 1.29 is 9.47 Å². The van der Waals surface area contributed by atoms with Crippen LogP contribution >= 0.6 is 0 Å². The number of hydrogen-bond acceptors (Lipinski definition) is 3. The van der Waals surface area contributed by atoms with Crippen LogP contribution in [0.2, 0.25) is 0 Å². The Labute approximate surface area is 117 Å². The lowest BCUT2D eigenvalue weighted by Gasteiger charge is -2.22. The zero-order valence-corrected chi connectivity index (χ0v) is 12.6. The van der Waals surface area contributed by atoms with E-state index in [0.29, 0.717) is 12.6 Å². The average Bonchev–Trinajstić information content (AvgIpc) is 2.41. The SMILES string of the molecule is CCCNC(CC)c1ccccc1OC(C)COC. The van der Waals surface area contributed by atoms with Gasteiger partial charge >= 0.3 is 0 Å². The Morgan fingerprint density at radius 1 is 1.21 bits per heavy atom. The Hall–Kier alpha value is -1.06. The van der Waals surface area contributed by atoms with E-state index in [-0.39, 0.29) is 6.10 Å². The number of benzene rings is 1. The van der Waals surface area contributed by atoms with Gasteiger partial charge in [0.1, 0.15) is 11.9 Å². The molecule has 0 radical (unpaired) electrons. The molecule has 0 spiro atoms. The Kier molecular flexibility index (Phi) is 7.53. The predicted octanol–water partition coefficient (Wildman–Crippen LogP) is 3.55. The normalized spacial score (nSPS) is 14.1. The molecule has 0 aromatic heterocycles. The van der Waals surface area contributed by atoms with E-state index < -0.39 is 0 Å². The molecule has 0 heterocycles. The zero-order valence-electron chi connectivity index (χ0n) is 12.6. The second-order valence-electron chi connectivity index (χ2n) is 4.84. The van der Waals surface area contributed by atoms with E-state index in [1.807, 2.05) is 19.1 Å². The van der Waals surface area contributed by atoms with E-state index >= 15 is 0 Å². The van der Waals surface area contributed by atoms with E-state index in [1.165, 1.54) is 5.56 Å². The van der Waals surface area contributed by atoms with E-state index in [1.54, 1.807) is 7.11 Å². The molecule has 0 saturated carbocycles. The number of methoxy groups -OCH3 is 1. The van der Waals surface area contributed by atoms with Crippen molar-refractivity contribution in [1.82, 2.24) is 5.32 Å². The van der Waals surface area contributed by atoms with Crippen LogP contribution in [0.5, 0.6) is 5.75 Å². The van der Waals surface area contributed by atoms with Crippen molar-refractivity contribution in [1.29, 1.82) is 0 Å². The summed E-state index contributed by atoms with van der Waals surface area (Å²) in [7, 11) is 1.70. The van der Waals surface area contributed by atoms with Crippen molar-refractivity contribution in [2.45, 2.75) is 45.8 Å². The van der Waals surface area contributed by atoms with Gasteiger partial charge in [-0.25, -0.2) is 0 Å². The molecule has 0 bridgehead atoms. The van der Waals surface area contributed by atoms with Gasteiger partial charge in [-0.1, -0.05) is 32.0 Å². The van der Waals surface area contributed by atoms with Crippen LogP contribution in [0.3, 0.4) is 0 Å². The Morgan fingerprint density at radius 3 is 2.58 bits per heavy atom. The summed E-state index contributed by atoms with van der Waals surface area (Å²) < 4.78 is 11.1. The highest BCUT2D eigenvalue weighted by molar-refractivity contribution is 5.36. The van der Waals surface area contributed by atoms with E-state index in [4.69, 9.17) is 9.47 Å². The lowest BCUT2D eigenvalue weighted by molar-refractivity contribution is 0.0909. The molecule has 1 rings (SSSR count). The van der Waals surface area contributed by atoms with Crippen molar-refractivity contribution in [3.05, 3.63) is 29.8 Å². The number of para-hydroxylation sites is 1. The standard InChI is InChI=1S/C16H27NO2/c1-5-11-17-15(6-2)14-9-7-8-10-16(14)19-13(3)12-18-4/h7-10,13,15,17H,5-6,11-12H2,1-4H3. The van der Waals surface area contributed by atoms with Crippen LogP contribution in [0.4, 0.5) is 0 Å². The molecule has 0 aliphatic rings. The maximum atomic E-state index is 5.98. The predicted molar refractivity (Wildman–Crippen MR) is 79.7 cm³/mol.